The van der Waals surface area contributed by atoms with Crippen molar-refractivity contribution in [2.45, 2.75) is 72.0 Å². The van der Waals surface area contributed by atoms with E-state index in [0.717, 1.165) is 0 Å². The highest BCUT2D eigenvalue weighted by atomic mass is 19.1. The zero-order valence-corrected chi connectivity index (χ0v) is 23.3. The van der Waals surface area contributed by atoms with E-state index in [1.807, 2.05) is 0 Å². The first-order chi connectivity index (χ1) is 18.2. The molecule has 8 heteroatoms. The number of hydrogen-bond donors (Lipinski definition) is 1. The largest absolute Gasteiger partial charge is 0.460 e. The van der Waals surface area contributed by atoms with Crippen LogP contribution in [0.15, 0.2) is 60.7 Å². The summed E-state index contributed by atoms with van der Waals surface area (Å²) in [6.45, 7) is 10.7. The van der Waals surface area contributed by atoms with E-state index in [1.54, 1.807) is 90.1 Å². The quantitative estimate of drug-likeness (QED) is 0.341. The van der Waals surface area contributed by atoms with Gasteiger partial charge in [0.2, 0.25) is 0 Å². The number of esters is 2. The van der Waals surface area contributed by atoms with Crippen molar-refractivity contribution in [2.75, 3.05) is 5.32 Å². The van der Waals surface area contributed by atoms with E-state index in [9.17, 15) is 18.8 Å². The van der Waals surface area contributed by atoms with Crippen LogP contribution in [0.1, 0.15) is 69.6 Å². The molecule has 0 unspecified atom stereocenters. The number of halogens is 1. The number of para-hydroxylation sites is 1. The molecule has 0 fully saturated rings. The Kier molecular flexibility index (Phi) is 9.22. The Hall–Kier alpha value is -4.07. The maximum Gasteiger partial charge on any atom is 0.310 e. The van der Waals surface area contributed by atoms with Crippen LogP contribution in [0.4, 0.5) is 10.1 Å². The third-order valence-corrected chi connectivity index (χ3v) is 5.29. The molecule has 1 N–H and O–H groups in total. The predicted molar refractivity (Wildman–Crippen MR) is 148 cm³/mol. The minimum atomic E-state index is -0.619. The lowest BCUT2D eigenvalue weighted by atomic mass is 10.0. The summed E-state index contributed by atoms with van der Waals surface area (Å²) in [6, 6.07) is 16.3. The molecule has 0 bridgehead atoms. The van der Waals surface area contributed by atoms with Crippen molar-refractivity contribution in [1.29, 1.82) is 0 Å². The van der Waals surface area contributed by atoms with Crippen LogP contribution in [0.2, 0.25) is 0 Å². The Morgan fingerprint density at radius 2 is 1.51 bits per heavy atom. The number of carbonyl (C=O) groups excluding carboxylic acids is 3. The lowest BCUT2D eigenvalue weighted by Gasteiger charge is -2.20. The number of nitrogens with one attached hydrogen (secondary N) is 1. The number of carbonyl (C=O) groups is 3. The molecule has 0 atom stereocenters. The zero-order chi connectivity index (χ0) is 28.8. The van der Waals surface area contributed by atoms with Crippen molar-refractivity contribution in [2.24, 2.45) is 0 Å². The fourth-order valence-corrected chi connectivity index (χ4v) is 3.82. The number of amides is 1. The molecule has 0 aliphatic carbocycles. The fourth-order valence-electron chi connectivity index (χ4n) is 3.82. The number of pyridine rings is 1. The van der Waals surface area contributed by atoms with Gasteiger partial charge in [-0.15, -0.1) is 0 Å². The van der Waals surface area contributed by atoms with E-state index >= 15 is 0 Å². The maximum atomic E-state index is 14.4. The highest BCUT2D eigenvalue weighted by Crippen LogP contribution is 2.23. The second kappa shape index (κ2) is 12.2. The SMILES string of the molecule is CC(C)(C)OC(=O)CCc1cc(F)cc(-c2cccc(C(=O)Nc3ccccc3CC(=O)OC(C)(C)C)n2)c1. The summed E-state index contributed by atoms with van der Waals surface area (Å²) in [5.41, 5.74) is 1.49. The monoisotopic (exact) mass is 534 g/mol. The molecule has 39 heavy (non-hydrogen) atoms. The van der Waals surface area contributed by atoms with Crippen LogP contribution in [0.25, 0.3) is 11.3 Å². The van der Waals surface area contributed by atoms with Crippen LogP contribution in [0.3, 0.4) is 0 Å². The first-order valence-corrected chi connectivity index (χ1v) is 12.8. The van der Waals surface area contributed by atoms with E-state index in [1.165, 1.54) is 12.1 Å². The molecular weight excluding hydrogens is 499 g/mol. The minimum absolute atomic E-state index is 0.00342. The number of rotatable bonds is 8. The number of nitrogens with zero attached hydrogens (tertiary/aromatic N) is 1. The van der Waals surface area contributed by atoms with Gasteiger partial charge < -0.3 is 14.8 Å². The lowest BCUT2D eigenvalue weighted by Crippen LogP contribution is -2.25. The van der Waals surface area contributed by atoms with Crippen molar-refractivity contribution < 1.29 is 28.2 Å². The van der Waals surface area contributed by atoms with Crippen molar-refractivity contribution in [3.05, 3.63) is 83.3 Å². The Morgan fingerprint density at radius 1 is 0.846 bits per heavy atom. The summed E-state index contributed by atoms with van der Waals surface area (Å²) in [4.78, 5) is 41.9. The third-order valence-electron chi connectivity index (χ3n) is 5.29. The van der Waals surface area contributed by atoms with Crippen molar-refractivity contribution in [3.8, 4) is 11.3 Å². The van der Waals surface area contributed by atoms with Gasteiger partial charge in [-0.1, -0.05) is 24.3 Å². The number of aromatic nitrogens is 1. The van der Waals surface area contributed by atoms with Crippen molar-refractivity contribution in [3.63, 3.8) is 0 Å². The van der Waals surface area contributed by atoms with Gasteiger partial charge in [0.1, 0.15) is 22.7 Å². The number of anilines is 1. The topological polar surface area (TPSA) is 94.6 Å². The van der Waals surface area contributed by atoms with Crippen LogP contribution >= 0.6 is 0 Å². The average molecular weight is 535 g/mol. The smallest absolute Gasteiger partial charge is 0.310 e. The third kappa shape index (κ3) is 9.63. The Morgan fingerprint density at radius 3 is 2.21 bits per heavy atom. The molecule has 0 spiro atoms. The Balaban J connectivity index is 1.76. The second-order valence-corrected chi connectivity index (χ2v) is 11.2. The maximum absolute atomic E-state index is 14.4. The van der Waals surface area contributed by atoms with Crippen LogP contribution < -0.4 is 5.32 Å². The fraction of sp³-hybridized carbons (Fsp3) is 0.355. The molecule has 3 rings (SSSR count). The molecule has 0 aliphatic heterocycles. The lowest BCUT2D eigenvalue weighted by molar-refractivity contribution is -0.155. The number of hydrogen-bond acceptors (Lipinski definition) is 6. The first kappa shape index (κ1) is 29.5. The molecule has 3 aromatic rings. The highest BCUT2D eigenvalue weighted by Gasteiger charge is 2.19. The Bertz CT molecular complexity index is 1360. The molecule has 1 aromatic heterocycles. The molecule has 7 nitrogen and oxygen atoms in total. The molecule has 0 radical (unpaired) electrons. The second-order valence-electron chi connectivity index (χ2n) is 11.2. The molecule has 2 aromatic carbocycles. The standard InChI is InChI=1S/C31H35FN2O5/c1-30(2,3)38-27(35)15-14-20-16-22(18-23(32)17-20)25-12-9-13-26(33-25)29(37)34-24-11-8-7-10-21(24)19-28(36)39-31(4,5)6/h7-13,16-18H,14-15,19H2,1-6H3,(H,34,37). The minimum Gasteiger partial charge on any atom is -0.460 e. The van der Waals surface area contributed by atoms with Gasteiger partial charge in [-0.2, -0.15) is 0 Å². The molecule has 0 saturated carbocycles. The van der Waals surface area contributed by atoms with Gasteiger partial charge in [-0.3, -0.25) is 14.4 Å². The van der Waals surface area contributed by atoms with E-state index in [2.05, 4.69) is 10.3 Å². The van der Waals surface area contributed by atoms with Gasteiger partial charge in [-0.25, -0.2) is 9.37 Å². The van der Waals surface area contributed by atoms with E-state index in [4.69, 9.17) is 9.47 Å². The molecule has 1 amide bonds. The summed E-state index contributed by atoms with van der Waals surface area (Å²) >= 11 is 0. The van der Waals surface area contributed by atoms with Gasteiger partial charge >= 0.3 is 11.9 Å². The first-order valence-electron chi connectivity index (χ1n) is 12.8. The van der Waals surface area contributed by atoms with E-state index < -0.39 is 28.9 Å². The van der Waals surface area contributed by atoms with Gasteiger partial charge in [-0.05, 0) is 95.5 Å². The number of aryl methyl sites for hydroxylation is 1. The highest BCUT2D eigenvalue weighted by molar-refractivity contribution is 6.03. The van der Waals surface area contributed by atoms with Gasteiger partial charge in [0.15, 0.2) is 0 Å². The van der Waals surface area contributed by atoms with Gasteiger partial charge in [0, 0.05) is 17.7 Å². The van der Waals surface area contributed by atoms with Crippen LogP contribution in [-0.4, -0.2) is 34.0 Å². The normalized spacial score (nSPS) is 11.6. The van der Waals surface area contributed by atoms with Gasteiger partial charge in [0.05, 0.1) is 12.1 Å². The zero-order valence-electron chi connectivity index (χ0n) is 23.3. The van der Waals surface area contributed by atoms with Crippen LogP contribution in [0, 0.1) is 5.82 Å². The molecule has 0 saturated heterocycles. The predicted octanol–water partition coefficient (Wildman–Crippen LogP) is 6.30. The summed E-state index contributed by atoms with van der Waals surface area (Å²) in [5, 5.41) is 2.81. The summed E-state index contributed by atoms with van der Waals surface area (Å²) in [5.74, 6) is -1.72. The summed E-state index contributed by atoms with van der Waals surface area (Å²) in [6.07, 6.45) is 0.406. The average Bonchev–Trinajstić information content (AvgIpc) is 2.81. The van der Waals surface area contributed by atoms with Gasteiger partial charge in [0.25, 0.3) is 5.91 Å². The van der Waals surface area contributed by atoms with Crippen LogP contribution in [-0.2, 0) is 31.9 Å². The number of ether oxygens (including phenoxy) is 2. The van der Waals surface area contributed by atoms with Crippen molar-refractivity contribution in [1.82, 2.24) is 4.98 Å². The summed E-state index contributed by atoms with van der Waals surface area (Å²) < 4.78 is 25.2. The van der Waals surface area contributed by atoms with E-state index in [0.29, 0.717) is 34.5 Å². The number of benzene rings is 2. The molecule has 0 aliphatic rings. The van der Waals surface area contributed by atoms with E-state index in [-0.39, 0.29) is 24.5 Å². The molecule has 1 heterocycles. The Labute approximate surface area is 228 Å². The molecular formula is C31H35FN2O5. The summed E-state index contributed by atoms with van der Waals surface area (Å²) in [7, 11) is 0. The van der Waals surface area contributed by atoms with Crippen LogP contribution in [0.5, 0.6) is 0 Å². The van der Waals surface area contributed by atoms with Crippen molar-refractivity contribution >= 4 is 23.5 Å². The molecule has 206 valence electrons.